The number of ether oxygens (including phenoxy) is 1. The maximum absolute atomic E-state index is 11.8. The van der Waals surface area contributed by atoms with E-state index >= 15 is 0 Å². The second kappa shape index (κ2) is 6.04. The van der Waals surface area contributed by atoms with Crippen LogP contribution in [0.5, 0.6) is 0 Å². The van der Waals surface area contributed by atoms with Gasteiger partial charge in [-0.1, -0.05) is 12.1 Å². The molecule has 0 radical (unpaired) electrons. The number of amides is 2. The van der Waals surface area contributed by atoms with E-state index in [1.54, 1.807) is 7.11 Å². The predicted octanol–water partition coefficient (Wildman–Crippen LogP) is 1.84. The quantitative estimate of drug-likeness (QED) is 0.758. The van der Waals surface area contributed by atoms with E-state index < -0.39 is 0 Å². The van der Waals surface area contributed by atoms with Crippen LogP contribution in [0.2, 0.25) is 0 Å². The Labute approximate surface area is 113 Å². The number of hydrogen-bond donors (Lipinski definition) is 3. The van der Waals surface area contributed by atoms with E-state index in [9.17, 15) is 4.79 Å². The SMILES string of the molecule is COC1(CNC(=O)Nc2cccc(CN)c2)CCC1. The summed E-state index contributed by atoms with van der Waals surface area (Å²) in [5.41, 5.74) is 7.15. The molecule has 0 heterocycles. The molecule has 0 saturated heterocycles. The molecule has 19 heavy (non-hydrogen) atoms. The van der Waals surface area contributed by atoms with Crippen LogP contribution in [-0.2, 0) is 11.3 Å². The number of benzene rings is 1. The molecule has 1 fully saturated rings. The number of carbonyl (C=O) groups is 1. The highest BCUT2D eigenvalue weighted by molar-refractivity contribution is 5.89. The molecule has 1 aliphatic carbocycles. The van der Waals surface area contributed by atoms with Crippen LogP contribution >= 0.6 is 0 Å². The summed E-state index contributed by atoms with van der Waals surface area (Å²) in [7, 11) is 1.70. The average molecular weight is 263 g/mol. The molecule has 0 bridgehead atoms. The third-order valence-electron chi connectivity index (χ3n) is 3.69. The molecule has 1 aromatic carbocycles. The van der Waals surface area contributed by atoms with Crippen molar-refractivity contribution in [3.05, 3.63) is 29.8 Å². The Kier molecular flexibility index (Phi) is 4.39. The summed E-state index contributed by atoms with van der Waals surface area (Å²) in [5, 5.41) is 5.66. The highest BCUT2D eigenvalue weighted by atomic mass is 16.5. The molecule has 104 valence electrons. The maximum atomic E-state index is 11.8. The van der Waals surface area contributed by atoms with Crippen LogP contribution in [0.4, 0.5) is 10.5 Å². The molecule has 0 atom stereocenters. The summed E-state index contributed by atoms with van der Waals surface area (Å²) in [6, 6.07) is 7.30. The minimum Gasteiger partial charge on any atom is -0.376 e. The van der Waals surface area contributed by atoms with Crippen molar-refractivity contribution in [3.63, 3.8) is 0 Å². The number of nitrogens with one attached hydrogen (secondary N) is 2. The van der Waals surface area contributed by atoms with Crippen molar-refractivity contribution >= 4 is 11.7 Å². The molecule has 5 nitrogen and oxygen atoms in total. The smallest absolute Gasteiger partial charge is 0.319 e. The van der Waals surface area contributed by atoms with Gasteiger partial charge in [-0.25, -0.2) is 4.79 Å². The molecular weight excluding hydrogens is 242 g/mol. The zero-order valence-corrected chi connectivity index (χ0v) is 11.2. The maximum Gasteiger partial charge on any atom is 0.319 e. The number of hydrogen-bond acceptors (Lipinski definition) is 3. The van der Waals surface area contributed by atoms with Gasteiger partial charge in [0, 0.05) is 25.9 Å². The molecule has 2 rings (SSSR count). The minimum atomic E-state index is -0.211. The van der Waals surface area contributed by atoms with Crippen molar-refractivity contribution in [2.45, 2.75) is 31.4 Å². The largest absolute Gasteiger partial charge is 0.376 e. The first-order valence-corrected chi connectivity index (χ1v) is 6.56. The van der Waals surface area contributed by atoms with Crippen molar-refractivity contribution < 1.29 is 9.53 Å². The van der Waals surface area contributed by atoms with Gasteiger partial charge in [-0.05, 0) is 37.0 Å². The Morgan fingerprint density at radius 1 is 1.47 bits per heavy atom. The summed E-state index contributed by atoms with van der Waals surface area (Å²) in [5.74, 6) is 0. The van der Waals surface area contributed by atoms with Crippen molar-refractivity contribution in [2.24, 2.45) is 5.73 Å². The van der Waals surface area contributed by atoms with Crippen LogP contribution in [0.1, 0.15) is 24.8 Å². The summed E-state index contributed by atoms with van der Waals surface area (Å²) in [4.78, 5) is 11.8. The fraction of sp³-hybridized carbons (Fsp3) is 0.500. The molecule has 1 aromatic rings. The Hall–Kier alpha value is -1.59. The molecule has 0 aromatic heterocycles. The molecular formula is C14H21N3O2. The first-order valence-electron chi connectivity index (χ1n) is 6.56. The lowest BCUT2D eigenvalue weighted by Gasteiger charge is -2.40. The molecule has 0 unspecified atom stereocenters. The Bertz CT molecular complexity index is 439. The van der Waals surface area contributed by atoms with Crippen LogP contribution in [0.25, 0.3) is 0 Å². The minimum absolute atomic E-state index is 0.156. The van der Waals surface area contributed by atoms with Gasteiger partial charge in [0.25, 0.3) is 0 Å². The summed E-state index contributed by atoms with van der Waals surface area (Å²) < 4.78 is 5.45. The van der Waals surface area contributed by atoms with Gasteiger partial charge in [0.15, 0.2) is 0 Å². The van der Waals surface area contributed by atoms with Crippen LogP contribution in [-0.4, -0.2) is 25.3 Å². The number of methoxy groups -OCH3 is 1. The van der Waals surface area contributed by atoms with E-state index in [2.05, 4.69) is 10.6 Å². The topological polar surface area (TPSA) is 76.4 Å². The second-order valence-electron chi connectivity index (χ2n) is 4.95. The van der Waals surface area contributed by atoms with Gasteiger partial charge in [-0.2, -0.15) is 0 Å². The van der Waals surface area contributed by atoms with Gasteiger partial charge in [0.1, 0.15) is 0 Å². The number of nitrogens with two attached hydrogens (primary N) is 1. The van der Waals surface area contributed by atoms with Crippen LogP contribution in [0.15, 0.2) is 24.3 Å². The van der Waals surface area contributed by atoms with Crippen LogP contribution in [0, 0.1) is 0 Å². The highest BCUT2D eigenvalue weighted by Crippen LogP contribution is 2.34. The van der Waals surface area contributed by atoms with Gasteiger partial charge >= 0.3 is 6.03 Å². The molecule has 1 saturated carbocycles. The lowest BCUT2D eigenvalue weighted by Crippen LogP contribution is -2.50. The standard InChI is InChI=1S/C14H21N3O2/c1-19-14(6-3-7-14)10-16-13(18)17-12-5-2-4-11(8-12)9-15/h2,4-5,8H,3,6-7,9-10,15H2,1H3,(H2,16,17,18). The highest BCUT2D eigenvalue weighted by Gasteiger charge is 2.37. The Balaban J connectivity index is 1.83. The van der Waals surface area contributed by atoms with Crippen LogP contribution in [0.3, 0.4) is 0 Å². The van der Waals surface area contributed by atoms with E-state index in [1.807, 2.05) is 24.3 Å². The molecule has 2 amide bonds. The van der Waals surface area contributed by atoms with E-state index in [0.717, 1.165) is 30.5 Å². The van der Waals surface area contributed by atoms with E-state index in [-0.39, 0.29) is 11.6 Å². The Morgan fingerprint density at radius 3 is 2.84 bits per heavy atom. The molecule has 4 N–H and O–H groups in total. The first-order chi connectivity index (χ1) is 9.17. The van der Waals surface area contributed by atoms with Gasteiger partial charge in [-0.15, -0.1) is 0 Å². The lowest BCUT2D eigenvalue weighted by atomic mass is 9.80. The molecule has 0 spiro atoms. The molecule has 1 aliphatic rings. The van der Waals surface area contributed by atoms with Gasteiger partial charge in [0.05, 0.1) is 5.60 Å². The van der Waals surface area contributed by atoms with Gasteiger partial charge < -0.3 is 21.1 Å². The van der Waals surface area contributed by atoms with Crippen molar-refractivity contribution in [3.8, 4) is 0 Å². The van der Waals surface area contributed by atoms with Gasteiger partial charge in [0.2, 0.25) is 0 Å². The van der Waals surface area contributed by atoms with Crippen molar-refractivity contribution in [1.29, 1.82) is 0 Å². The number of rotatable bonds is 5. The van der Waals surface area contributed by atoms with Crippen molar-refractivity contribution in [2.75, 3.05) is 19.0 Å². The summed E-state index contributed by atoms with van der Waals surface area (Å²) in [6.45, 7) is 1.01. The zero-order chi connectivity index (χ0) is 13.7. The summed E-state index contributed by atoms with van der Waals surface area (Å²) >= 11 is 0. The monoisotopic (exact) mass is 263 g/mol. The summed E-state index contributed by atoms with van der Waals surface area (Å²) in [6.07, 6.45) is 3.18. The van der Waals surface area contributed by atoms with Crippen LogP contribution < -0.4 is 16.4 Å². The third kappa shape index (κ3) is 3.45. The Morgan fingerprint density at radius 2 is 2.26 bits per heavy atom. The predicted molar refractivity (Wildman–Crippen MR) is 74.9 cm³/mol. The average Bonchev–Trinajstić information content (AvgIpc) is 2.38. The van der Waals surface area contributed by atoms with E-state index in [0.29, 0.717) is 13.1 Å². The lowest BCUT2D eigenvalue weighted by molar-refractivity contribution is -0.0671. The second-order valence-corrected chi connectivity index (χ2v) is 4.95. The van der Waals surface area contributed by atoms with Crippen molar-refractivity contribution in [1.82, 2.24) is 5.32 Å². The van der Waals surface area contributed by atoms with Gasteiger partial charge in [-0.3, -0.25) is 0 Å². The van der Waals surface area contributed by atoms with E-state index in [1.165, 1.54) is 0 Å². The fourth-order valence-corrected chi connectivity index (χ4v) is 2.22. The molecule has 5 heteroatoms. The first kappa shape index (κ1) is 13.8. The normalized spacial score (nSPS) is 16.5. The number of urea groups is 1. The number of anilines is 1. The number of carbonyl (C=O) groups excluding carboxylic acids is 1. The third-order valence-corrected chi connectivity index (χ3v) is 3.69. The fourth-order valence-electron chi connectivity index (χ4n) is 2.22. The van der Waals surface area contributed by atoms with E-state index in [4.69, 9.17) is 10.5 Å². The molecule has 0 aliphatic heterocycles. The zero-order valence-electron chi connectivity index (χ0n) is 11.2.